The van der Waals surface area contributed by atoms with Crippen molar-refractivity contribution in [1.82, 2.24) is 0 Å². The predicted octanol–water partition coefficient (Wildman–Crippen LogP) is 5.70. The Kier molecular flexibility index (Phi) is 7.87. The molecule has 0 aromatic heterocycles. The zero-order valence-corrected chi connectivity index (χ0v) is 15.3. The molecule has 1 fully saturated rings. The minimum atomic E-state index is -0.467. The molecule has 5 heteroatoms. The summed E-state index contributed by atoms with van der Waals surface area (Å²) in [5, 5.41) is -0.418. The molecule has 2 atom stereocenters. The van der Waals surface area contributed by atoms with Gasteiger partial charge in [-0.15, -0.1) is 11.6 Å². The highest BCUT2D eigenvalue weighted by Crippen LogP contribution is 2.45. The second kappa shape index (κ2) is 8.64. The van der Waals surface area contributed by atoms with E-state index in [1.54, 1.807) is 6.08 Å². The first-order valence-electron chi connectivity index (χ1n) is 7.64. The predicted molar refractivity (Wildman–Crippen MR) is 89.9 cm³/mol. The average Bonchev–Trinajstić information content (AvgIpc) is 2.39. The Morgan fingerprint density at radius 1 is 1.29 bits per heavy atom. The van der Waals surface area contributed by atoms with Crippen LogP contribution in [0, 0.1) is 17.3 Å². The van der Waals surface area contributed by atoms with Crippen LogP contribution >= 0.6 is 34.8 Å². The summed E-state index contributed by atoms with van der Waals surface area (Å²) in [5.74, 6) is -0.0696. The van der Waals surface area contributed by atoms with Crippen LogP contribution < -0.4 is 0 Å². The molecule has 1 aliphatic carbocycles. The Labute approximate surface area is 143 Å². The van der Waals surface area contributed by atoms with Crippen molar-refractivity contribution in [3.8, 4) is 0 Å². The number of alkyl halides is 1. The molecule has 0 aromatic rings. The molecule has 0 radical (unpaired) electrons. The zero-order chi connectivity index (χ0) is 16.0. The molecule has 0 amide bonds. The van der Waals surface area contributed by atoms with E-state index >= 15 is 0 Å². The van der Waals surface area contributed by atoms with Crippen LogP contribution in [0.3, 0.4) is 0 Å². The summed E-state index contributed by atoms with van der Waals surface area (Å²) in [4.78, 5) is 12.5. The number of carbonyl (C=O) groups excluding carboxylic acids is 1. The van der Waals surface area contributed by atoms with Crippen molar-refractivity contribution < 1.29 is 9.53 Å². The van der Waals surface area contributed by atoms with Crippen LogP contribution in [0.2, 0.25) is 0 Å². The molecule has 0 saturated heterocycles. The number of halogens is 3. The molecule has 0 aliphatic heterocycles. The van der Waals surface area contributed by atoms with Gasteiger partial charge < -0.3 is 4.74 Å². The summed E-state index contributed by atoms with van der Waals surface area (Å²) in [5.41, 5.74) is -0.467. The van der Waals surface area contributed by atoms with Gasteiger partial charge in [0.05, 0.1) is 17.9 Å². The van der Waals surface area contributed by atoms with E-state index in [9.17, 15) is 4.79 Å². The fourth-order valence-electron chi connectivity index (χ4n) is 3.30. The van der Waals surface area contributed by atoms with Crippen LogP contribution in [-0.4, -0.2) is 18.0 Å². The third-order valence-corrected chi connectivity index (χ3v) is 5.39. The van der Waals surface area contributed by atoms with Gasteiger partial charge in [-0.25, -0.2) is 0 Å². The number of rotatable bonds is 6. The lowest BCUT2D eigenvalue weighted by molar-refractivity contribution is -0.155. The molecule has 0 aromatic carbocycles. The van der Waals surface area contributed by atoms with Gasteiger partial charge in [-0.05, 0) is 37.2 Å². The second-order valence-corrected chi connectivity index (χ2v) is 7.79. The molecular weight excluding hydrogens is 331 g/mol. The van der Waals surface area contributed by atoms with E-state index in [0.717, 1.165) is 25.7 Å². The molecule has 1 aliphatic rings. The summed E-state index contributed by atoms with van der Waals surface area (Å²) >= 11 is 17.9. The fourth-order valence-corrected chi connectivity index (χ4v) is 3.94. The Morgan fingerprint density at radius 2 is 1.86 bits per heavy atom. The molecule has 1 rings (SSSR count). The first kappa shape index (κ1) is 19.1. The van der Waals surface area contributed by atoms with E-state index in [4.69, 9.17) is 39.5 Å². The monoisotopic (exact) mass is 354 g/mol. The number of esters is 1. The molecular formula is C16H25Cl3O2. The highest BCUT2D eigenvalue weighted by atomic mass is 35.5. The molecule has 2 unspecified atom stereocenters. The first-order valence-corrected chi connectivity index (χ1v) is 8.83. The van der Waals surface area contributed by atoms with Crippen molar-refractivity contribution in [2.75, 3.05) is 6.61 Å². The molecule has 1 saturated carbocycles. The highest BCUT2D eigenvalue weighted by Gasteiger charge is 2.45. The van der Waals surface area contributed by atoms with Crippen molar-refractivity contribution >= 4 is 40.8 Å². The normalized spacial score (nSPS) is 19.7. The van der Waals surface area contributed by atoms with Crippen LogP contribution in [0.1, 0.15) is 52.9 Å². The standard InChI is InChI=1S/C16H25Cl3O2/c1-4-21-15(20)14(11-8-6-5-7-9-11)16(2,3)12(17)10-13(18)19/h10-12,14H,4-9H2,1-3H3. The minimum Gasteiger partial charge on any atom is -0.466 e. The van der Waals surface area contributed by atoms with Gasteiger partial charge in [-0.3, -0.25) is 4.79 Å². The SMILES string of the molecule is CCOC(=O)C(C1CCCCC1)C(C)(C)C(Cl)C=C(Cl)Cl. The van der Waals surface area contributed by atoms with Gasteiger partial charge in [0, 0.05) is 0 Å². The van der Waals surface area contributed by atoms with E-state index in [2.05, 4.69) is 0 Å². The number of carbonyl (C=O) groups is 1. The van der Waals surface area contributed by atoms with Gasteiger partial charge in [0.15, 0.2) is 0 Å². The quantitative estimate of drug-likeness (QED) is 0.451. The van der Waals surface area contributed by atoms with E-state index < -0.39 is 10.8 Å². The van der Waals surface area contributed by atoms with E-state index in [1.807, 2.05) is 20.8 Å². The highest BCUT2D eigenvalue weighted by molar-refractivity contribution is 6.56. The van der Waals surface area contributed by atoms with Gasteiger partial charge in [-0.1, -0.05) is 56.3 Å². The van der Waals surface area contributed by atoms with Gasteiger partial charge >= 0.3 is 5.97 Å². The van der Waals surface area contributed by atoms with Crippen molar-refractivity contribution in [1.29, 1.82) is 0 Å². The fraction of sp³-hybridized carbons (Fsp3) is 0.812. The molecule has 0 N–H and O–H groups in total. The summed E-state index contributed by atoms with van der Waals surface area (Å²) in [6.07, 6.45) is 7.26. The summed E-state index contributed by atoms with van der Waals surface area (Å²) in [7, 11) is 0. The summed E-state index contributed by atoms with van der Waals surface area (Å²) < 4.78 is 5.45. The maximum atomic E-state index is 12.5. The molecule has 122 valence electrons. The maximum Gasteiger partial charge on any atom is 0.309 e. The van der Waals surface area contributed by atoms with Gasteiger partial charge in [-0.2, -0.15) is 0 Å². The third kappa shape index (κ3) is 5.33. The second-order valence-electron chi connectivity index (χ2n) is 6.31. The lowest BCUT2D eigenvalue weighted by Gasteiger charge is -2.41. The number of allylic oxidation sites excluding steroid dienone is 1. The van der Waals surface area contributed by atoms with Crippen LogP contribution in [-0.2, 0) is 9.53 Å². The first-order chi connectivity index (χ1) is 9.80. The van der Waals surface area contributed by atoms with Crippen molar-refractivity contribution in [3.05, 3.63) is 10.6 Å². The summed E-state index contributed by atoms with van der Waals surface area (Å²) in [6, 6.07) is 0. The van der Waals surface area contributed by atoms with Crippen LogP contribution in [0.15, 0.2) is 10.6 Å². The summed E-state index contributed by atoms with van der Waals surface area (Å²) in [6.45, 7) is 6.20. The lowest BCUT2D eigenvalue weighted by atomic mass is 9.66. The Hall–Kier alpha value is 0.0800. The largest absolute Gasteiger partial charge is 0.466 e. The number of ether oxygens (including phenoxy) is 1. The van der Waals surface area contributed by atoms with E-state index in [-0.39, 0.29) is 16.4 Å². The van der Waals surface area contributed by atoms with Gasteiger partial charge in [0.1, 0.15) is 4.49 Å². The van der Waals surface area contributed by atoms with Crippen LogP contribution in [0.4, 0.5) is 0 Å². The van der Waals surface area contributed by atoms with Crippen molar-refractivity contribution in [2.45, 2.75) is 58.3 Å². The number of hydrogen-bond acceptors (Lipinski definition) is 2. The van der Waals surface area contributed by atoms with E-state index in [1.165, 1.54) is 6.42 Å². The maximum absolute atomic E-state index is 12.5. The number of hydrogen-bond donors (Lipinski definition) is 0. The van der Waals surface area contributed by atoms with Gasteiger partial charge in [0.2, 0.25) is 0 Å². The topological polar surface area (TPSA) is 26.3 Å². The third-order valence-electron chi connectivity index (χ3n) is 4.45. The lowest BCUT2D eigenvalue weighted by Crippen LogP contribution is -2.43. The average molecular weight is 356 g/mol. The van der Waals surface area contributed by atoms with Crippen molar-refractivity contribution in [2.24, 2.45) is 17.3 Å². The Bertz CT molecular complexity index is 370. The molecule has 0 heterocycles. The minimum absolute atomic E-state index is 0.134. The van der Waals surface area contributed by atoms with Gasteiger partial charge in [0.25, 0.3) is 0 Å². The Morgan fingerprint density at radius 3 is 2.33 bits per heavy atom. The smallest absolute Gasteiger partial charge is 0.309 e. The van der Waals surface area contributed by atoms with E-state index in [0.29, 0.717) is 12.5 Å². The van der Waals surface area contributed by atoms with Crippen LogP contribution in [0.5, 0.6) is 0 Å². The zero-order valence-electron chi connectivity index (χ0n) is 13.0. The molecule has 21 heavy (non-hydrogen) atoms. The molecule has 0 spiro atoms. The molecule has 2 nitrogen and oxygen atoms in total. The van der Waals surface area contributed by atoms with Crippen LogP contribution in [0.25, 0.3) is 0 Å². The molecule has 0 bridgehead atoms. The Balaban J connectivity index is 3.02. The van der Waals surface area contributed by atoms with Crippen molar-refractivity contribution in [3.63, 3.8) is 0 Å².